The number of anilines is 1. The fourth-order valence-electron chi connectivity index (χ4n) is 2.84. The molecular formula is C18H25N5O. The molecule has 24 heavy (non-hydrogen) atoms. The van der Waals surface area contributed by atoms with Crippen molar-refractivity contribution in [2.24, 2.45) is 5.73 Å². The molecule has 3 rings (SSSR count). The van der Waals surface area contributed by atoms with Crippen molar-refractivity contribution in [2.75, 3.05) is 18.9 Å². The fraction of sp³-hybridized carbons (Fsp3) is 0.444. The third kappa shape index (κ3) is 3.28. The number of nitrogens with one attached hydrogen (secondary N) is 1. The van der Waals surface area contributed by atoms with Gasteiger partial charge in [0, 0.05) is 6.42 Å². The summed E-state index contributed by atoms with van der Waals surface area (Å²) in [6, 6.07) is 5.84. The number of aromatic nitrogens is 3. The number of rotatable bonds is 8. The molecule has 0 aliphatic rings. The van der Waals surface area contributed by atoms with Crippen molar-refractivity contribution < 1.29 is 4.74 Å². The van der Waals surface area contributed by atoms with Crippen LogP contribution in [0.1, 0.15) is 38.4 Å². The Morgan fingerprint density at radius 2 is 2.04 bits per heavy atom. The molecule has 2 heterocycles. The number of hydrogen-bond acceptors (Lipinski definition) is 5. The maximum atomic E-state index is 6.12. The van der Waals surface area contributed by atoms with E-state index in [1.807, 2.05) is 18.2 Å². The van der Waals surface area contributed by atoms with Gasteiger partial charge >= 0.3 is 0 Å². The quantitative estimate of drug-likeness (QED) is 0.551. The molecule has 0 atom stereocenters. The Morgan fingerprint density at radius 3 is 2.83 bits per heavy atom. The maximum absolute atomic E-state index is 6.12. The first kappa shape index (κ1) is 16.5. The van der Waals surface area contributed by atoms with Crippen LogP contribution >= 0.6 is 0 Å². The van der Waals surface area contributed by atoms with E-state index in [-0.39, 0.29) is 0 Å². The van der Waals surface area contributed by atoms with E-state index < -0.39 is 0 Å². The van der Waals surface area contributed by atoms with Crippen molar-refractivity contribution in [3.05, 3.63) is 24.0 Å². The number of ether oxygens (including phenoxy) is 1. The summed E-state index contributed by atoms with van der Waals surface area (Å²) >= 11 is 0. The Labute approximate surface area is 141 Å². The monoisotopic (exact) mass is 327 g/mol. The van der Waals surface area contributed by atoms with Crippen molar-refractivity contribution in [2.45, 2.75) is 39.0 Å². The van der Waals surface area contributed by atoms with Crippen molar-refractivity contribution in [1.29, 1.82) is 0 Å². The first-order valence-electron chi connectivity index (χ1n) is 8.64. The lowest BCUT2D eigenvalue weighted by atomic mass is 10.1. The van der Waals surface area contributed by atoms with E-state index in [9.17, 15) is 0 Å². The van der Waals surface area contributed by atoms with Crippen LogP contribution in [-0.4, -0.2) is 28.1 Å². The second-order valence-corrected chi connectivity index (χ2v) is 6.00. The van der Waals surface area contributed by atoms with Gasteiger partial charge in [-0.1, -0.05) is 19.4 Å². The van der Waals surface area contributed by atoms with E-state index in [1.54, 1.807) is 0 Å². The molecular weight excluding hydrogens is 302 g/mol. The summed E-state index contributed by atoms with van der Waals surface area (Å²) in [5.41, 5.74) is 14.1. The summed E-state index contributed by atoms with van der Waals surface area (Å²) in [4.78, 5) is 12.6. The highest BCUT2D eigenvalue weighted by Gasteiger charge is 2.15. The molecule has 5 N–H and O–H groups in total. The van der Waals surface area contributed by atoms with E-state index in [4.69, 9.17) is 21.2 Å². The molecule has 0 aliphatic heterocycles. The lowest BCUT2D eigenvalue weighted by Gasteiger charge is -2.10. The van der Waals surface area contributed by atoms with Gasteiger partial charge in [-0.3, -0.25) is 0 Å². The number of H-pyrrole nitrogens is 1. The van der Waals surface area contributed by atoms with Gasteiger partial charge in [0.2, 0.25) is 0 Å². The van der Waals surface area contributed by atoms with Crippen LogP contribution in [0.3, 0.4) is 0 Å². The van der Waals surface area contributed by atoms with Gasteiger partial charge in [0.05, 0.1) is 17.5 Å². The van der Waals surface area contributed by atoms with E-state index in [1.165, 1.54) is 0 Å². The van der Waals surface area contributed by atoms with Crippen LogP contribution in [0.2, 0.25) is 0 Å². The molecule has 2 aromatic heterocycles. The number of fused-ring (bicyclic) bond motifs is 3. The van der Waals surface area contributed by atoms with E-state index in [0.717, 1.165) is 65.6 Å². The highest BCUT2D eigenvalue weighted by atomic mass is 16.5. The Bertz CT molecular complexity index is 827. The van der Waals surface area contributed by atoms with Gasteiger partial charge in [-0.2, -0.15) is 0 Å². The SMILES string of the molecule is CCCCc1nc2c([nH]1)c(N)nc1cccc(OCCCCN)c12. The van der Waals surface area contributed by atoms with Crippen LogP contribution in [0.5, 0.6) is 5.75 Å². The molecule has 0 aliphatic carbocycles. The van der Waals surface area contributed by atoms with Crippen LogP contribution < -0.4 is 16.2 Å². The first-order chi connectivity index (χ1) is 11.7. The number of nitrogen functional groups attached to an aromatic ring is 1. The third-order valence-electron chi connectivity index (χ3n) is 4.11. The van der Waals surface area contributed by atoms with Crippen LogP contribution in [-0.2, 0) is 6.42 Å². The molecule has 0 unspecified atom stereocenters. The second kappa shape index (κ2) is 7.49. The number of nitrogens with two attached hydrogens (primary N) is 2. The molecule has 0 bridgehead atoms. The van der Waals surface area contributed by atoms with Gasteiger partial charge < -0.3 is 21.2 Å². The molecule has 128 valence electrons. The van der Waals surface area contributed by atoms with Crippen molar-refractivity contribution in [3.63, 3.8) is 0 Å². The normalized spacial score (nSPS) is 11.4. The number of benzene rings is 1. The number of nitrogens with zero attached hydrogens (tertiary/aromatic N) is 2. The van der Waals surface area contributed by atoms with Gasteiger partial charge in [-0.15, -0.1) is 0 Å². The van der Waals surface area contributed by atoms with E-state index in [0.29, 0.717) is 19.0 Å². The summed E-state index contributed by atoms with van der Waals surface area (Å²) < 4.78 is 5.97. The predicted molar refractivity (Wildman–Crippen MR) is 98.2 cm³/mol. The number of hydrogen-bond donors (Lipinski definition) is 3. The molecule has 0 saturated carbocycles. The lowest BCUT2D eigenvalue weighted by molar-refractivity contribution is 0.311. The minimum absolute atomic E-state index is 0.480. The van der Waals surface area contributed by atoms with Gasteiger partial charge in [-0.25, -0.2) is 9.97 Å². The van der Waals surface area contributed by atoms with Crippen molar-refractivity contribution >= 4 is 27.8 Å². The maximum Gasteiger partial charge on any atom is 0.150 e. The zero-order valence-electron chi connectivity index (χ0n) is 14.1. The number of pyridine rings is 1. The lowest BCUT2D eigenvalue weighted by Crippen LogP contribution is -2.04. The second-order valence-electron chi connectivity index (χ2n) is 6.00. The smallest absolute Gasteiger partial charge is 0.150 e. The molecule has 0 saturated heterocycles. The summed E-state index contributed by atoms with van der Waals surface area (Å²) in [7, 11) is 0. The first-order valence-corrected chi connectivity index (χ1v) is 8.64. The molecule has 0 fully saturated rings. The topological polar surface area (TPSA) is 103 Å². The highest BCUT2D eigenvalue weighted by Crippen LogP contribution is 2.33. The number of imidazole rings is 1. The van der Waals surface area contributed by atoms with Crippen LogP contribution in [0.15, 0.2) is 18.2 Å². The fourth-order valence-corrected chi connectivity index (χ4v) is 2.84. The van der Waals surface area contributed by atoms with Gasteiger partial charge in [-0.05, 0) is 37.9 Å². The van der Waals surface area contributed by atoms with Crippen molar-refractivity contribution in [1.82, 2.24) is 15.0 Å². The molecule has 1 aromatic carbocycles. The van der Waals surface area contributed by atoms with Gasteiger partial charge in [0.15, 0.2) is 0 Å². The summed E-state index contributed by atoms with van der Waals surface area (Å²) in [6.45, 7) is 3.48. The minimum atomic E-state index is 0.480. The van der Waals surface area contributed by atoms with Crippen molar-refractivity contribution in [3.8, 4) is 5.75 Å². The average Bonchev–Trinajstić information content (AvgIpc) is 3.01. The zero-order chi connectivity index (χ0) is 16.9. The average molecular weight is 327 g/mol. The predicted octanol–water partition coefficient (Wildman–Crippen LogP) is 3.15. The van der Waals surface area contributed by atoms with Crippen LogP contribution in [0, 0.1) is 0 Å². The minimum Gasteiger partial charge on any atom is -0.493 e. The molecule has 6 nitrogen and oxygen atoms in total. The van der Waals surface area contributed by atoms with Crippen LogP contribution in [0.4, 0.5) is 5.82 Å². The summed E-state index contributed by atoms with van der Waals surface area (Å²) in [6.07, 6.45) is 5.01. The number of unbranched alkanes of at least 4 members (excludes halogenated alkanes) is 2. The highest BCUT2D eigenvalue weighted by molar-refractivity contribution is 6.09. The summed E-state index contributed by atoms with van der Waals surface area (Å²) in [5.74, 6) is 2.23. The van der Waals surface area contributed by atoms with Crippen LogP contribution in [0.25, 0.3) is 21.9 Å². The Hall–Kier alpha value is -2.34. The standard InChI is InChI=1S/C18H25N5O/c1-2-3-9-14-22-16-15-12(21-18(20)17(16)23-14)7-6-8-13(15)24-11-5-4-10-19/h6-8H,2-5,9-11,19H2,1H3,(H2,20,21)(H,22,23). The van der Waals surface area contributed by atoms with Gasteiger partial charge in [0.25, 0.3) is 0 Å². The molecule has 3 aromatic rings. The van der Waals surface area contributed by atoms with E-state index in [2.05, 4.69) is 16.9 Å². The number of aryl methyl sites for hydroxylation is 1. The van der Waals surface area contributed by atoms with E-state index >= 15 is 0 Å². The molecule has 6 heteroatoms. The van der Waals surface area contributed by atoms with Gasteiger partial charge in [0.1, 0.15) is 28.4 Å². The number of aromatic amines is 1. The Balaban J connectivity index is 2.04. The Morgan fingerprint density at radius 1 is 1.17 bits per heavy atom. The summed E-state index contributed by atoms with van der Waals surface area (Å²) in [5, 5.41) is 0.924. The molecule has 0 radical (unpaired) electrons. The largest absolute Gasteiger partial charge is 0.493 e. The molecule has 0 spiro atoms. The zero-order valence-corrected chi connectivity index (χ0v) is 14.1. The molecule has 0 amide bonds. The third-order valence-corrected chi connectivity index (χ3v) is 4.11. The Kier molecular flexibility index (Phi) is 5.15.